The number of halogens is 6. The second kappa shape index (κ2) is 10.1. The molecule has 0 aromatic heterocycles. The van der Waals surface area contributed by atoms with E-state index in [-0.39, 0.29) is 43.7 Å². The molecule has 1 N–H and O–H groups in total. The number of Topliss-reactive ketones (excluding diaryl/α,β-unsaturated/α-hetero) is 1. The molecular formula is C29H29F6NO4. The minimum atomic E-state index is -4.80. The summed E-state index contributed by atoms with van der Waals surface area (Å²) >= 11 is 0. The fourth-order valence-electron chi connectivity index (χ4n) is 6.11. The van der Waals surface area contributed by atoms with Gasteiger partial charge in [0.05, 0.1) is 29.0 Å². The zero-order valence-corrected chi connectivity index (χ0v) is 21.7. The van der Waals surface area contributed by atoms with Crippen LogP contribution in [0.25, 0.3) is 0 Å². The second-order valence-corrected chi connectivity index (χ2v) is 11.3. The molecule has 0 unspecified atom stereocenters. The van der Waals surface area contributed by atoms with Crippen molar-refractivity contribution in [3.8, 4) is 5.75 Å². The number of piperidine rings is 1. The first-order valence-electron chi connectivity index (χ1n) is 13.3. The van der Waals surface area contributed by atoms with Gasteiger partial charge in [0.15, 0.2) is 5.78 Å². The third-order valence-electron chi connectivity index (χ3n) is 8.46. The van der Waals surface area contributed by atoms with E-state index < -0.39 is 46.5 Å². The van der Waals surface area contributed by atoms with Crippen molar-refractivity contribution in [3.63, 3.8) is 0 Å². The summed E-state index contributed by atoms with van der Waals surface area (Å²) in [5, 5.41) is 9.61. The lowest BCUT2D eigenvalue weighted by Crippen LogP contribution is -2.50. The van der Waals surface area contributed by atoms with Crippen molar-refractivity contribution < 1.29 is 45.8 Å². The first-order chi connectivity index (χ1) is 18.7. The number of benzene rings is 2. The van der Waals surface area contributed by atoms with Gasteiger partial charge in [0.25, 0.3) is 0 Å². The summed E-state index contributed by atoms with van der Waals surface area (Å²) in [5.74, 6) is -1.23. The van der Waals surface area contributed by atoms with Crippen molar-refractivity contribution in [2.45, 2.75) is 69.4 Å². The zero-order chi connectivity index (χ0) is 29.0. The highest BCUT2D eigenvalue weighted by atomic mass is 19.4. The van der Waals surface area contributed by atoms with E-state index in [9.17, 15) is 41.0 Å². The van der Waals surface area contributed by atoms with Crippen molar-refractivity contribution in [1.29, 1.82) is 0 Å². The summed E-state index contributed by atoms with van der Waals surface area (Å²) in [4.78, 5) is 26.4. The summed E-state index contributed by atoms with van der Waals surface area (Å²) in [5.41, 5.74) is -2.37. The van der Waals surface area contributed by atoms with E-state index in [2.05, 4.69) is 0 Å². The number of fused-ring (bicyclic) bond motifs is 1. The number of ketones is 1. The number of carbonyl (C=O) groups excluding carboxylic acids is 1. The lowest BCUT2D eigenvalue weighted by Gasteiger charge is -2.44. The number of carbonyl (C=O) groups is 2. The van der Waals surface area contributed by atoms with Crippen LogP contribution < -0.4 is 4.74 Å². The van der Waals surface area contributed by atoms with Crippen LogP contribution in [0, 0.1) is 11.8 Å². The molecule has 2 aliphatic heterocycles. The zero-order valence-electron chi connectivity index (χ0n) is 21.7. The topological polar surface area (TPSA) is 66.8 Å². The van der Waals surface area contributed by atoms with Crippen molar-refractivity contribution >= 4 is 11.8 Å². The molecule has 0 amide bonds. The number of carboxylic acid groups (broad SMARTS) is 1. The van der Waals surface area contributed by atoms with Gasteiger partial charge >= 0.3 is 18.3 Å². The van der Waals surface area contributed by atoms with E-state index in [4.69, 9.17) is 4.74 Å². The molecule has 3 aliphatic rings. The maximum Gasteiger partial charge on any atom is 0.416 e. The molecule has 5 nitrogen and oxygen atoms in total. The molecule has 5 rings (SSSR count). The summed E-state index contributed by atoms with van der Waals surface area (Å²) in [6.45, 7) is 1.81. The van der Waals surface area contributed by atoms with Gasteiger partial charge in [-0.3, -0.25) is 14.5 Å². The van der Waals surface area contributed by atoms with E-state index in [1.54, 1.807) is 30.0 Å². The van der Waals surface area contributed by atoms with Crippen LogP contribution in [0.5, 0.6) is 5.75 Å². The lowest BCUT2D eigenvalue weighted by atomic mass is 9.80. The normalized spacial score (nSPS) is 21.0. The average molecular weight is 570 g/mol. The Morgan fingerprint density at radius 1 is 1.05 bits per heavy atom. The van der Waals surface area contributed by atoms with Crippen LogP contribution >= 0.6 is 0 Å². The molecule has 40 heavy (non-hydrogen) atoms. The molecule has 2 aromatic rings. The Morgan fingerprint density at radius 3 is 2.30 bits per heavy atom. The Labute approximate surface area is 227 Å². The van der Waals surface area contributed by atoms with Gasteiger partial charge in [0.1, 0.15) is 11.4 Å². The minimum absolute atomic E-state index is 0.0854. The van der Waals surface area contributed by atoms with Gasteiger partial charge in [0, 0.05) is 32.5 Å². The second-order valence-electron chi connectivity index (χ2n) is 11.3. The number of likely N-dealkylation sites (tertiary alicyclic amines) is 1. The summed E-state index contributed by atoms with van der Waals surface area (Å²) in [7, 11) is 0. The van der Waals surface area contributed by atoms with Gasteiger partial charge in [-0.15, -0.1) is 0 Å². The fraction of sp³-hybridized carbons (Fsp3) is 0.517. The summed E-state index contributed by atoms with van der Waals surface area (Å²) in [6.07, 6.45) is -7.01. The van der Waals surface area contributed by atoms with Gasteiger partial charge in [-0.25, -0.2) is 0 Å². The summed E-state index contributed by atoms with van der Waals surface area (Å²) in [6, 6.07) is 6.68. The van der Waals surface area contributed by atoms with Crippen LogP contribution in [0.3, 0.4) is 0 Å². The van der Waals surface area contributed by atoms with Crippen LogP contribution in [0.15, 0.2) is 36.4 Å². The highest BCUT2D eigenvalue weighted by molar-refractivity contribution is 6.00. The maximum absolute atomic E-state index is 13.5. The number of alkyl halides is 6. The largest absolute Gasteiger partial charge is 0.486 e. The molecule has 2 aromatic carbocycles. The van der Waals surface area contributed by atoms with Crippen molar-refractivity contribution in [2.75, 3.05) is 13.1 Å². The molecule has 11 heteroatoms. The Morgan fingerprint density at radius 2 is 1.73 bits per heavy atom. The van der Waals surface area contributed by atoms with Crippen molar-refractivity contribution in [2.24, 2.45) is 11.8 Å². The number of ether oxygens (including phenoxy) is 1. The molecular weight excluding hydrogens is 540 g/mol. The predicted molar refractivity (Wildman–Crippen MR) is 132 cm³/mol. The molecule has 2 atom stereocenters. The molecule has 1 saturated carbocycles. The monoisotopic (exact) mass is 569 g/mol. The number of hydrogen-bond acceptors (Lipinski definition) is 4. The molecule has 0 bridgehead atoms. The van der Waals surface area contributed by atoms with E-state index in [1.807, 2.05) is 0 Å². The third kappa shape index (κ3) is 5.70. The van der Waals surface area contributed by atoms with Crippen LogP contribution in [0.4, 0.5) is 26.3 Å². The molecule has 2 fully saturated rings. The SMILES string of the molecule is C[C@H](C(=O)O)[C@H](c1ccc2c(c1)OC1(CCN(Cc3cc(C(F)(F)F)ccc3C(F)(F)F)CC1)CC2=O)C1CC1. The smallest absolute Gasteiger partial charge is 0.416 e. The maximum atomic E-state index is 13.5. The predicted octanol–water partition coefficient (Wildman–Crippen LogP) is 6.94. The minimum Gasteiger partial charge on any atom is -0.486 e. The van der Waals surface area contributed by atoms with Crippen LogP contribution in [0.1, 0.15) is 77.6 Å². The molecule has 2 heterocycles. The molecule has 1 aliphatic carbocycles. The summed E-state index contributed by atoms with van der Waals surface area (Å²) < 4.78 is 86.6. The van der Waals surface area contributed by atoms with Crippen molar-refractivity contribution in [1.82, 2.24) is 4.90 Å². The molecule has 0 radical (unpaired) electrons. The average Bonchev–Trinajstić information content (AvgIpc) is 3.69. The van der Waals surface area contributed by atoms with Gasteiger partial charge in [-0.2, -0.15) is 26.3 Å². The lowest BCUT2D eigenvalue weighted by molar-refractivity contribution is -0.142. The van der Waals surface area contributed by atoms with Crippen molar-refractivity contribution in [3.05, 3.63) is 64.2 Å². The van der Waals surface area contributed by atoms with Gasteiger partial charge in [-0.1, -0.05) is 13.0 Å². The third-order valence-corrected chi connectivity index (χ3v) is 8.46. The Bertz CT molecular complexity index is 1310. The Balaban J connectivity index is 1.33. The number of nitrogens with zero attached hydrogens (tertiary/aromatic N) is 1. The standard InChI is InChI=1S/C29H29F6NO4/c1-16(26(38)39)25(17-2-3-17)18-4-6-21-23(37)14-27(40-24(21)13-18)8-10-36(11-9-27)15-19-12-20(28(30,31)32)5-7-22(19)29(33,34)35/h4-7,12-13,16-17,25H,2-3,8-11,14-15H2,1H3,(H,38,39)/t16-,25-/m0/s1. The van der Waals surface area contributed by atoms with Gasteiger partial charge < -0.3 is 9.84 Å². The van der Waals surface area contributed by atoms with E-state index in [1.165, 1.54) is 0 Å². The van der Waals surface area contributed by atoms with Crippen LogP contribution in [-0.2, 0) is 23.7 Å². The fourth-order valence-corrected chi connectivity index (χ4v) is 6.11. The Hall–Kier alpha value is -3.08. The number of carboxylic acids is 1. The quantitative estimate of drug-likeness (QED) is 0.382. The van der Waals surface area contributed by atoms with Gasteiger partial charge in [-0.05, 0) is 66.1 Å². The first kappa shape index (κ1) is 28.4. The molecule has 1 spiro atoms. The van der Waals surface area contributed by atoms with E-state index in [0.29, 0.717) is 42.4 Å². The first-order valence-corrected chi connectivity index (χ1v) is 13.3. The van der Waals surface area contributed by atoms with E-state index >= 15 is 0 Å². The van der Waals surface area contributed by atoms with Crippen LogP contribution in [0.2, 0.25) is 0 Å². The number of aliphatic carboxylic acids is 1. The highest BCUT2D eigenvalue weighted by Crippen LogP contribution is 2.49. The molecule has 216 valence electrons. The number of rotatable bonds is 6. The van der Waals surface area contributed by atoms with Crippen LogP contribution in [-0.4, -0.2) is 40.4 Å². The number of hydrogen-bond donors (Lipinski definition) is 1. The Kier molecular flexibility index (Phi) is 7.17. The van der Waals surface area contributed by atoms with E-state index in [0.717, 1.165) is 18.4 Å². The molecule has 1 saturated heterocycles. The van der Waals surface area contributed by atoms with Gasteiger partial charge in [0.2, 0.25) is 0 Å². The highest BCUT2D eigenvalue weighted by Gasteiger charge is 2.45.